The Balaban J connectivity index is 1.63. The second-order valence-corrected chi connectivity index (χ2v) is 6.94. The lowest BCUT2D eigenvalue weighted by Crippen LogP contribution is -2.45. The van der Waals surface area contributed by atoms with Crippen molar-refractivity contribution in [3.05, 3.63) is 27.7 Å². The smallest absolute Gasteiger partial charge is 0.133 e. The molecule has 0 spiro atoms. The molecule has 0 N–H and O–H groups in total. The maximum Gasteiger partial charge on any atom is 0.133 e. The second-order valence-electron chi connectivity index (χ2n) is 5.65. The Labute approximate surface area is 140 Å². The summed E-state index contributed by atoms with van der Waals surface area (Å²) in [5.41, 5.74) is 0. The molecule has 1 heterocycles. The molecule has 118 valence electrons. The van der Waals surface area contributed by atoms with Gasteiger partial charge in [-0.25, -0.2) is 0 Å². The van der Waals surface area contributed by atoms with Crippen LogP contribution < -0.4 is 4.74 Å². The number of halogens is 2. The predicted molar refractivity (Wildman–Crippen MR) is 90.3 cm³/mol. The van der Waals surface area contributed by atoms with E-state index in [1.54, 1.807) is 0 Å². The molecular weight excluding hydrogens is 354 g/mol. The van der Waals surface area contributed by atoms with Crippen molar-refractivity contribution < 1.29 is 9.47 Å². The molecule has 0 aromatic heterocycles. The summed E-state index contributed by atoms with van der Waals surface area (Å²) in [5.74, 6) is 0.855. The van der Waals surface area contributed by atoms with Gasteiger partial charge in [-0.05, 0) is 67.4 Å². The molecule has 2 rings (SSSR count). The van der Waals surface area contributed by atoms with E-state index < -0.39 is 0 Å². The molecule has 5 heteroatoms. The largest absolute Gasteiger partial charge is 0.492 e. The molecule has 1 aliphatic rings. The van der Waals surface area contributed by atoms with Crippen LogP contribution in [0.25, 0.3) is 0 Å². The van der Waals surface area contributed by atoms with Gasteiger partial charge in [-0.2, -0.15) is 0 Å². The van der Waals surface area contributed by atoms with Crippen molar-refractivity contribution in [2.45, 2.75) is 38.9 Å². The molecule has 1 aliphatic heterocycles. The van der Waals surface area contributed by atoms with E-state index in [0.29, 0.717) is 17.2 Å². The Kier molecular flexibility index (Phi) is 6.80. The zero-order valence-electron chi connectivity index (χ0n) is 12.6. The number of morpholine rings is 1. The van der Waals surface area contributed by atoms with Crippen LogP contribution in [-0.2, 0) is 4.74 Å². The maximum absolute atomic E-state index is 5.91. The van der Waals surface area contributed by atoms with Crippen LogP contribution in [0.5, 0.6) is 5.75 Å². The molecule has 21 heavy (non-hydrogen) atoms. The van der Waals surface area contributed by atoms with Gasteiger partial charge in [0.1, 0.15) is 5.75 Å². The van der Waals surface area contributed by atoms with Crippen LogP contribution in [0.3, 0.4) is 0 Å². The molecule has 0 amide bonds. The zero-order chi connectivity index (χ0) is 15.2. The van der Waals surface area contributed by atoms with Crippen molar-refractivity contribution in [1.29, 1.82) is 0 Å². The van der Waals surface area contributed by atoms with E-state index in [-0.39, 0.29) is 0 Å². The van der Waals surface area contributed by atoms with E-state index in [4.69, 9.17) is 21.1 Å². The van der Waals surface area contributed by atoms with Gasteiger partial charge in [-0.15, -0.1) is 0 Å². The van der Waals surface area contributed by atoms with Gasteiger partial charge in [0.05, 0.1) is 23.3 Å². The van der Waals surface area contributed by atoms with Crippen molar-refractivity contribution in [2.24, 2.45) is 0 Å². The fourth-order valence-electron chi connectivity index (χ4n) is 2.68. The van der Waals surface area contributed by atoms with Crippen molar-refractivity contribution in [2.75, 3.05) is 26.2 Å². The predicted octanol–water partition coefficient (Wildman–Crippen LogP) is 4.37. The van der Waals surface area contributed by atoms with E-state index in [1.807, 2.05) is 18.2 Å². The first kappa shape index (κ1) is 17.1. The SMILES string of the molecule is CC1CN(CCCCOc2ccc(Cl)cc2Br)CC(C)O1. The van der Waals surface area contributed by atoms with Crippen molar-refractivity contribution in [1.82, 2.24) is 4.90 Å². The van der Waals surface area contributed by atoms with E-state index in [1.165, 1.54) is 0 Å². The fourth-order valence-corrected chi connectivity index (χ4v) is 3.48. The molecule has 3 nitrogen and oxygen atoms in total. The van der Waals surface area contributed by atoms with Gasteiger partial charge in [0, 0.05) is 18.1 Å². The Morgan fingerprint density at radius 1 is 1.29 bits per heavy atom. The van der Waals surface area contributed by atoms with Gasteiger partial charge in [0.2, 0.25) is 0 Å². The van der Waals surface area contributed by atoms with E-state index >= 15 is 0 Å². The average molecular weight is 377 g/mol. The fraction of sp³-hybridized carbons (Fsp3) is 0.625. The molecule has 1 fully saturated rings. The molecule has 0 saturated carbocycles. The first-order valence-corrected chi connectivity index (χ1v) is 8.67. The molecule has 0 bridgehead atoms. The molecule has 1 aromatic rings. The lowest BCUT2D eigenvalue weighted by molar-refractivity contribution is -0.0682. The third-order valence-corrected chi connectivity index (χ3v) is 4.37. The number of ether oxygens (including phenoxy) is 2. The van der Waals surface area contributed by atoms with Crippen LogP contribution in [0, 0.1) is 0 Å². The minimum Gasteiger partial charge on any atom is -0.492 e. The number of benzene rings is 1. The van der Waals surface area contributed by atoms with Crippen LogP contribution in [0.4, 0.5) is 0 Å². The summed E-state index contributed by atoms with van der Waals surface area (Å²) in [6, 6.07) is 5.60. The minimum absolute atomic E-state index is 0.343. The van der Waals surface area contributed by atoms with Gasteiger partial charge in [0.15, 0.2) is 0 Å². The summed E-state index contributed by atoms with van der Waals surface area (Å²) in [4.78, 5) is 2.48. The van der Waals surface area contributed by atoms with Crippen molar-refractivity contribution in [3.63, 3.8) is 0 Å². The molecular formula is C16H23BrClNO2. The Morgan fingerprint density at radius 2 is 2.00 bits per heavy atom. The molecule has 0 aliphatic carbocycles. The first-order chi connectivity index (χ1) is 10.0. The summed E-state index contributed by atoms with van der Waals surface area (Å²) in [7, 11) is 0. The highest BCUT2D eigenvalue weighted by Gasteiger charge is 2.21. The highest BCUT2D eigenvalue weighted by molar-refractivity contribution is 9.10. The lowest BCUT2D eigenvalue weighted by Gasteiger charge is -2.35. The van der Waals surface area contributed by atoms with Gasteiger partial charge < -0.3 is 9.47 Å². The quantitative estimate of drug-likeness (QED) is 0.688. The molecule has 1 aromatic carbocycles. The monoisotopic (exact) mass is 375 g/mol. The highest BCUT2D eigenvalue weighted by Crippen LogP contribution is 2.28. The van der Waals surface area contributed by atoms with Crippen LogP contribution in [-0.4, -0.2) is 43.3 Å². The van der Waals surface area contributed by atoms with Gasteiger partial charge in [-0.1, -0.05) is 11.6 Å². The summed E-state index contributed by atoms with van der Waals surface area (Å²) in [6.45, 7) is 8.20. The summed E-state index contributed by atoms with van der Waals surface area (Å²) in [6.07, 6.45) is 2.88. The van der Waals surface area contributed by atoms with Gasteiger partial charge >= 0.3 is 0 Å². The lowest BCUT2D eigenvalue weighted by atomic mass is 10.2. The van der Waals surface area contributed by atoms with Crippen LogP contribution in [0.1, 0.15) is 26.7 Å². The Bertz CT molecular complexity index is 448. The molecule has 0 radical (unpaired) electrons. The van der Waals surface area contributed by atoms with Gasteiger partial charge in [-0.3, -0.25) is 4.90 Å². The molecule has 2 atom stereocenters. The summed E-state index contributed by atoms with van der Waals surface area (Å²) >= 11 is 9.37. The number of hydrogen-bond donors (Lipinski definition) is 0. The van der Waals surface area contributed by atoms with Crippen molar-refractivity contribution in [3.8, 4) is 5.75 Å². The summed E-state index contributed by atoms with van der Waals surface area (Å²) in [5, 5.41) is 0.713. The van der Waals surface area contributed by atoms with Gasteiger partial charge in [0.25, 0.3) is 0 Å². The summed E-state index contributed by atoms with van der Waals surface area (Å²) < 4.78 is 12.4. The highest BCUT2D eigenvalue weighted by atomic mass is 79.9. The normalized spacial score (nSPS) is 23.2. The maximum atomic E-state index is 5.91. The third-order valence-electron chi connectivity index (χ3n) is 3.52. The van der Waals surface area contributed by atoms with E-state index in [0.717, 1.165) is 49.3 Å². The Hall–Kier alpha value is -0.290. The number of rotatable bonds is 6. The standard InChI is InChI=1S/C16H23BrClNO2/c1-12-10-19(11-13(2)21-12)7-3-4-8-20-16-6-5-14(18)9-15(16)17/h5-6,9,12-13H,3-4,7-8,10-11H2,1-2H3. The third kappa shape index (κ3) is 5.78. The average Bonchev–Trinajstić information content (AvgIpc) is 2.39. The topological polar surface area (TPSA) is 21.7 Å². The van der Waals surface area contributed by atoms with Crippen LogP contribution in [0.15, 0.2) is 22.7 Å². The van der Waals surface area contributed by atoms with E-state index in [2.05, 4.69) is 34.7 Å². The minimum atomic E-state index is 0.343. The number of unbranched alkanes of at least 4 members (excludes halogenated alkanes) is 1. The van der Waals surface area contributed by atoms with Crippen LogP contribution in [0.2, 0.25) is 5.02 Å². The van der Waals surface area contributed by atoms with Crippen LogP contribution >= 0.6 is 27.5 Å². The zero-order valence-corrected chi connectivity index (χ0v) is 15.0. The molecule has 1 saturated heterocycles. The molecule has 2 unspecified atom stereocenters. The van der Waals surface area contributed by atoms with Crippen molar-refractivity contribution >= 4 is 27.5 Å². The van der Waals surface area contributed by atoms with E-state index in [9.17, 15) is 0 Å². The number of nitrogens with zero attached hydrogens (tertiary/aromatic N) is 1. The Morgan fingerprint density at radius 3 is 2.67 bits per heavy atom. The first-order valence-electron chi connectivity index (χ1n) is 7.50. The second kappa shape index (κ2) is 8.37. The number of hydrogen-bond acceptors (Lipinski definition) is 3.